The number of hydrogen-bond acceptors (Lipinski definition) is 4. The summed E-state index contributed by atoms with van der Waals surface area (Å²) in [5.74, 6) is 0.411. The van der Waals surface area contributed by atoms with Gasteiger partial charge in [0.1, 0.15) is 5.75 Å². The molecule has 1 saturated heterocycles. The summed E-state index contributed by atoms with van der Waals surface area (Å²) in [6.07, 6.45) is 3.11. The summed E-state index contributed by atoms with van der Waals surface area (Å²) in [6, 6.07) is 4.85. The molecule has 0 spiro atoms. The first-order valence-electron chi connectivity index (χ1n) is 7.12. The van der Waals surface area contributed by atoms with Crippen molar-refractivity contribution in [3.05, 3.63) is 23.8 Å². The topological polar surface area (TPSA) is 75.8 Å². The van der Waals surface area contributed by atoms with Crippen molar-refractivity contribution in [3.63, 3.8) is 0 Å². The van der Waals surface area contributed by atoms with Crippen LogP contribution >= 0.6 is 0 Å². The minimum atomic E-state index is -0.0761. The number of nitrogen functional groups attached to an aromatic ring is 1. The number of carbonyl (C=O) groups excluding carboxylic acids is 1. The van der Waals surface area contributed by atoms with Crippen LogP contribution in [-0.2, 0) is 4.74 Å². The summed E-state index contributed by atoms with van der Waals surface area (Å²) >= 11 is 0. The van der Waals surface area contributed by atoms with Crippen LogP contribution < -0.4 is 5.73 Å². The van der Waals surface area contributed by atoms with Crippen LogP contribution in [0.3, 0.4) is 0 Å². The number of aromatic hydroxyl groups is 1. The molecular formula is C15H20N2O3. The molecule has 5 nitrogen and oxygen atoms in total. The summed E-state index contributed by atoms with van der Waals surface area (Å²) in [5, 5.41) is 9.56. The van der Waals surface area contributed by atoms with Crippen molar-refractivity contribution in [3.8, 4) is 5.75 Å². The van der Waals surface area contributed by atoms with E-state index in [4.69, 9.17) is 10.5 Å². The molecule has 1 heterocycles. The van der Waals surface area contributed by atoms with Gasteiger partial charge in [0.05, 0.1) is 12.2 Å². The smallest absolute Gasteiger partial charge is 0.256 e. The first-order chi connectivity index (χ1) is 9.65. The number of hydrogen-bond donors (Lipinski definition) is 2. The van der Waals surface area contributed by atoms with E-state index in [9.17, 15) is 9.90 Å². The number of ether oxygens (including phenoxy) is 1. The molecular weight excluding hydrogens is 256 g/mol. The van der Waals surface area contributed by atoms with Crippen LogP contribution in [0.15, 0.2) is 18.2 Å². The van der Waals surface area contributed by atoms with Gasteiger partial charge in [-0.3, -0.25) is 4.79 Å². The Morgan fingerprint density at radius 1 is 1.40 bits per heavy atom. The lowest BCUT2D eigenvalue weighted by molar-refractivity contribution is 0.0707. The van der Waals surface area contributed by atoms with E-state index in [1.807, 2.05) is 4.90 Å². The maximum Gasteiger partial charge on any atom is 0.256 e. The van der Waals surface area contributed by atoms with Gasteiger partial charge in [-0.05, 0) is 37.5 Å². The van der Waals surface area contributed by atoms with Gasteiger partial charge in [-0.1, -0.05) is 0 Å². The first kappa shape index (κ1) is 13.2. The summed E-state index contributed by atoms with van der Waals surface area (Å²) in [4.78, 5) is 14.6. The number of rotatable bonds is 4. The van der Waals surface area contributed by atoms with E-state index in [2.05, 4.69) is 0 Å². The molecule has 1 saturated carbocycles. The van der Waals surface area contributed by atoms with E-state index < -0.39 is 0 Å². The lowest BCUT2D eigenvalue weighted by Crippen LogP contribution is -2.37. The van der Waals surface area contributed by atoms with E-state index in [1.54, 1.807) is 6.07 Å². The third-order valence-corrected chi connectivity index (χ3v) is 3.99. The zero-order valence-corrected chi connectivity index (χ0v) is 11.4. The van der Waals surface area contributed by atoms with Gasteiger partial charge in [0.15, 0.2) is 0 Å². The van der Waals surface area contributed by atoms with Crippen molar-refractivity contribution in [2.75, 3.05) is 25.5 Å². The third-order valence-electron chi connectivity index (χ3n) is 3.99. The number of anilines is 1. The highest BCUT2D eigenvalue weighted by atomic mass is 16.5. The van der Waals surface area contributed by atoms with Gasteiger partial charge in [0.25, 0.3) is 5.91 Å². The Balaban J connectivity index is 1.79. The molecule has 1 aliphatic carbocycles. The predicted molar refractivity (Wildman–Crippen MR) is 75.5 cm³/mol. The molecule has 2 aliphatic rings. The Kier molecular flexibility index (Phi) is 3.53. The van der Waals surface area contributed by atoms with Crippen LogP contribution in [-0.4, -0.2) is 41.7 Å². The summed E-state index contributed by atoms with van der Waals surface area (Å²) in [5.41, 5.74) is 6.69. The van der Waals surface area contributed by atoms with Gasteiger partial charge in [-0.15, -0.1) is 0 Å². The minimum Gasteiger partial charge on any atom is -0.508 e. The van der Waals surface area contributed by atoms with E-state index >= 15 is 0 Å². The molecule has 1 aromatic rings. The number of nitrogens with two attached hydrogens (primary N) is 1. The fraction of sp³-hybridized carbons (Fsp3) is 0.533. The molecule has 20 heavy (non-hydrogen) atoms. The number of nitrogens with zero attached hydrogens (tertiary/aromatic N) is 1. The normalized spacial score (nSPS) is 21.9. The van der Waals surface area contributed by atoms with Crippen molar-refractivity contribution in [1.82, 2.24) is 4.90 Å². The number of phenols is 1. The molecule has 1 aromatic carbocycles. The largest absolute Gasteiger partial charge is 0.508 e. The lowest BCUT2D eigenvalue weighted by Gasteiger charge is -2.25. The standard InChI is InChI=1S/C15H20N2O3/c16-14-4-3-12(18)7-13(14)15(19)17(11-1-2-11)8-10-5-6-20-9-10/h3-4,7,10-11,18H,1-2,5-6,8-9,16H2. The van der Waals surface area contributed by atoms with Crippen LogP contribution in [0.25, 0.3) is 0 Å². The fourth-order valence-electron chi connectivity index (χ4n) is 2.67. The van der Waals surface area contributed by atoms with Crippen LogP contribution in [0.5, 0.6) is 5.75 Å². The molecule has 1 atom stereocenters. The molecule has 108 valence electrons. The van der Waals surface area contributed by atoms with Crippen LogP contribution in [0, 0.1) is 5.92 Å². The van der Waals surface area contributed by atoms with Gasteiger partial charge < -0.3 is 20.5 Å². The predicted octanol–water partition coefficient (Wildman–Crippen LogP) is 1.62. The number of carbonyl (C=O) groups is 1. The molecule has 1 amide bonds. The second kappa shape index (κ2) is 5.32. The summed E-state index contributed by atoms with van der Waals surface area (Å²) in [7, 11) is 0. The average molecular weight is 276 g/mol. The second-order valence-corrected chi connectivity index (χ2v) is 5.69. The molecule has 3 rings (SSSR count). The molecule has 1 aliphatic heterocycles. The van der Waals surface area contributed by atoms with Crippen molar-refractivity contribution in [2.24, 2.45) is 5.92 Å². The van der Waals surface area contributed by atoms with Crippen molar-refractivity contribution >= 4 is 11.6 Å². The SMILES string of the molecule is Nc1ccc(O)cc1C(=O)N(CC1CCOC1)C1CC1. The molecule has 3 N–H and O–H groups in total. The molecule has 0 bridgehead atoms. The monoisotopic (exact) mass is 276 g/mol. The minimum absolute atomic E-state index is 0.0718. The van der Waals surface area contributed by atoms with Crippen LogP contribution in [0.1, 0.15) is 29.6 Å². The Bertz CT molecular complexity index is 508. The first-order valence-corrected chi connectivity index (χ1v) is 7.12. The van der Waals surface area contributed by atoms with Crippen LogP contribution in [0.4, 0.5) is 5.69 Å². The van der Waals surface area contributed by atoms with Crippen LogP contribution in [0.2, 0.25) is 0 Å². The van der Waals surface area contributed by atoms with Crippen molar-refractivity contribution in [2.45, 2.75) is 25.3 Å². The lowest BCUT2D eigenvalue weighted by atomic mass is 10.1. The van der Waals surface area contributed by atoms with E-state index in [0.29, 0.717) is 23.2 Å². The Morgan fingerprint density at radius 3 is 2.85 bits per heavy atom. The molecule has 2 fully saturated rings. The Hall–Kier alpha value is -1.75. The Morgan fingerprint density at radius 2 is 2.20 bits per heavy atom. The van der Waals surface area contributed by atoms with Gasteiger partial charge in [-0.25, -0.2) is 0 Å². The summed E-state index contributed by atoms with van der Waals surface area (Å²) in [6.45, 7) is 2.23. The zero-order valence-electron chi connectivity index (χ0n) is 11.4. The highest BCUT2D eigenvalue weighted by Gasteiger charge is 2.35. The van der Waals surface area contributed by atoms with Crippen molar-refractivity contribution in [1.29, 1.82) is 0 Å². The summed E-state index contributed by atoms with van der Waals surface area (Å²) < 4.78 is 5.38. The molecule has 5 heteroatoms. The van der Waals surface area contributed by atoms with Gasteiger partial charge in [-0.2, -0.15) is 0 Å². The maximum absolute atomic E-state index is 12.7. The van der Waals surface area contributed by atoms with Crippen molar-refractivity contribution < 1.29 is 14.6 Å². The highest BCUT2D eigenvalue weighted by molar-refractivity contribution is 5.99. The zero-order chi connectivity index (χ0) is 14.1. The maximum atomic E-state index is 12.7. The average Bonchev–Trinajstić information content (AvgIpc) is 3.15. The molecule has 0 radical (unpaired) electrons. The van der Waals surface area contributed by atoms with E-state index in [0.717, 1.165) is 39.0 Å². The third kappa shape index (κ3) is 2.72. The van der Waals surface area contributed by atoms with Gasteiger partial charge >= 0.3 is 0 Å². The number of benzene rings is 1. The molecule has 0 aromatic heterocycles. The fourth-order valence-corrected chi connectivity index (χ4v) is 2.67. The van der Waals surface area contributed by atoms with Gasteiger partial charge in [0, 0.05) is 30.8 Å². The molecule has 1 unspecified atom stereocenters. The quantitative estimate of drug-likeness (QED) is 0.647. The number of phenolic OH excluding ortho intramolecular Hbond substituents is 1. The van der Waals surface area contributed by atoms with Gasteiger partial charge in [0.2, 0.25) is 0 Å². The van der Waals surface area contributed by atoms with E-state index in [1.165, 1.54) is 12.1 Å². The number of amides is 1. The van der Waals surface area contributed by atoms with E-state index in [-0.39, 0.29) is 11.7 Å². The highest BCUT2D eigenvalue weighted by Crippen LogP contribution is 2.32. The Labute approximate surface area is 118 Å². The second-order valence-electron chi connectivity index (χ2n) is 5.69.